The van der Waals surface area contributed by atoms with Gasteiger partial charge in [0.1, 0.15) is 5.82 Å². The fraction of sp³-hybridized carbons (Fsp3) is 0.423. The third kappa shape index (κ3) is 5.25. The first-order valence-corrected chi connectivity index (χ1v) is 12.0. The van der Waals surface area contributed by atoms with Crippen LogP contribution in [0.5, 0.6) is 0 Å². The number of hydrogen-bond acceptors (Lipinski definition) is 6. The van der Waals surface area contributed by atoms with E-state index >= 15 is 0 Å². The summed E-state index contributed by atoms with van der Waals surface area (Å²) >= 11 is 0. The third-order valence-corrected chi connectivity index (χ3v) is 6.47. The standard InChI is InChI=1S/C26H32N6/c1-3-9-21(10-4-1)29-25-23(18-28-26(31-25)30-22-11-5-2-6-12-22)24-14-13-20(17-27-24)19-32-15-7-8-16-32/h2,5-6,11-14,17-18,21H,1,3-4,7-10,15-16,19H2,(H2,28,29,30,31). The zero-order chi connectivity index (χ0) is 21.6. The smallest absolute Gasteiger partial charge is 0.229 e. The fourth-order valence-corrected chi connectivity index (χ4v) is 4.71. The molecule has 166 valence electrons. The van der Waals surface area contributed by atoms with Crippen molar-refractivity contribution in [3.8, 4) is 11.3 Å². The van der Waals surface area contributed by atoms with Crippen molar-refractivity contribution >= 4 is 17.5 Å². The van der Waals surface area contributed by atoms with Gasteiger partial charge in [-0.3, -0.25) is 9.88 Å². The number of hydrogen-bond donors (Lipinski definition) is 2. The van der Waals surface area contributed by atoms with Gasteiger partial charge in [-0.15, -0.1) is 0 Å². The second-order valence-electron chi connectivity index (χ2n) is 8.96. The largest absolute Gasteiger partial charge is 0.367 e. The molecule has 6 nitrogen and oxygen atoms in total. The topological polar surface area (TPSA) is 66.0 Å². The van der Waals surface area contributed by atoms with Gasteiger partial charge in [0.25, 0.3) is 0 Å². The summed E-state index contributed by atoms with van der Waals surface area (Å²) in [5.41, 5.74) is 4.12. The zero-order valence-corrected chi connectivity index (χ0v) is 18.6. The van der Waals surface area contributed by atoms with Gasteiger partial charge < -0.3 is 10.6 Å². The van der Waals surface area contributed by atoms with Gasteiger partial charge in [-0.25, -0.2) is 4.98 Å². The minimum atomic E-state index is 0.455. The lowest BCUT2D eigenvalue weighted by atomic mass is 9.95. The van der Waals surface area contributed by atoms with Crippen molar-refractivity contribution in [3.05, 3.63) is 60.4 Å². The highest BCUT2D eigenvalue weighted by molar-refractivity contribution is 5.73. The highest BCUT2D eigenvalue weighted by atomic mass is 15.2. The molecule has 0 unspecified atom stereocenters. The minimum absolute atomic E-state index is 0.455. The van der Waals surface area contributed by atoms with Crippen LogP contribution >= 0.6 is 0 Å². The lowest BCUT2D eigenvalue weighted by Crippen LogP contribution is -2.23. The monoisotopic (exact) mass is 428 g/mol. The number of rotatable bonds is 7. The molecular weight excluding hydrogens is 396 g/mol. The van der Waals surface area contributed by atoms with Crippen LogP contribution in [-0.4, -0.2) is 39.0 Å². The molecule has 32 heavy (non-hydrogen) atoms. The quantitative estimate of drug-likeness (QED) is 0.509. The number of para-hydroxylation sites is 1. The maximum Gasteiger partial charge on any atom is 0.229 e. The van der Waals surface area contributed by atoms with E-state index in [0.717, 1.165) is 29.3 Å². The maximum atomic E-state index is 4.86. The summed E-state index contributed by atoms with van der Waals surface area (Å²) in [5.74, 6) is 1.47. The summed E-state index contributed by atoms with van der Waals surface area (Å²) < 4.78 is 0. The van der Waals surface area contributed by atoms with Crippen molar-refractivity contribution in [1.82, 2.24) is 19.9 Å². The molecule has 2 aromatic heterocycles. The van der Waals surface area contributed by atoms with Crippen LogP contribution in [0.2, 0.25) is 0 Å². The average Bonchev–Trinajstić information content (AvgIpc) is 3.34. The average molecular weight is 429 g/mol. The Balaban J connectivity index is 1.39. The predicted molar refractivity (Wildman–Crippen MR) is 130 cm³/mol. The molecule has 0 amide bonds. The number of nitrogens with zero attached hydrogens (tertiary/aromatic N) is 4. The van der Waals surface area contributed by atoms with E-state index in [-0.39, 0.29) is 0 Å². The number of pyridine rings is 1. The Morgan fingerprint density at radius 1 is 0.844 bits per heavy atom. The Morgan fingerprint density at radius 2 is 1.66 bits per heavy atom. The molecular formula is C26H32N6. The van der Waals surface area contributed by atoms with Gasteiger partial charge in [0.05, 0.1) is 11.3 Å². The van der Waals surface area contributed by atoms with Gasteiger partial charge in [0.2, 0.25) is 5.95 Å². The molecule has 2 N–H and O–H groups in total. The van der Waals surface area contributed by atoms with Crippen molar-refractivity contribution in [3.63, 3.8) is 0 Å². The summed E-state index contributed by atoms with van der Waals surface area (Å²) in [5, 5.41) is 7.03. The van der Waals surface area contributed by atoms with E-state index in [1.165, 1.54) is 63.6 Å². The van der Waals surface area contributed by atoms with Gasteiger partial charge in [-0.2, -0.15) is 4.98 Å². The number of likely N-dealkylation sites (tertiary alicyclic amines) is 1. The molecule has 5 rings (SSSR count). The third-order valence-electron chi connectivity index (χ3n) is 6.47. The van der Waals surface area contributed by atoms with E-state index < -0.39 is 0 Å². The van der Waals surface area contributed by atoms with Gasteiger partial charge in [-0.05, 0) is 62.5 Å². The second-order valence-corrected chi connectivity index (χ2v) is 8.96. The molecule has 1 aliphatic carbocycles. The first kappa shape index (κ1) is 20.9. The summed E-state index contributed by atoms with van der Waals surface area (Å²) in [6.07, 6.45) is 12.8. The number of aromatic nitrogens is 3. The molecule has 3 heterocycles. The van der Waals surface area contributed by atoms with Crippen LogP contribution in [0.1, 0.15) is 50.5 Å². The first-order chi connectivity index (χ1) is 15.8. The molecule has 2 fully saturated rings. The number of nitrogens with one attached hydrogen (secondary N) is 2. The normalized spacial score (nSPS) is 17.4. The van der Waals surface area contributed by atoms with Gasteiger partial charge >= 0.3 is 0 Å². The SMILES string of the molecule is c1ccc(Nc2ncc(-c3ccc(CN4CCCC4)cn3)c(NC3CCCCC3)n2)cc1. The van der Waals surface area contributed by atoms with Crippen LogP contribution in [-0.2, 0) is 6.54 Å². The van der Waals surface area contributed by atoms with Crippen LogP contribution in [0.25, 0.3) is 11.3 Å². The highest BCUT2D eigenvalue weighted by Gasteiger charge is 2.18. The number of anilines is 3. The van der Waals surface area contributed by atoms with Crippen LogP contribution in [0.3, 0.4) is 0 Å². The van der Waals surface area contributed by atoms with Crippen molar-refractivity contribution in [2.45, 2.75) is 57.5 Å². The Hall–Kier alpha value is -2.99. The molecule has 1 saturated carbocycles. The molecule has 0 atom stereocenters. The predicted octanol–water partition coefficient (Wildman–Crippen LogP) is 5.62. The zero-order valence-electron chi connectivity index (χ0n) is 18.6. The molecule has 2 aliphatic rings. The molecule has 6 heteroatoms. The minimum Gasteiger partial charge on any atom is -0.367 e. The Morgan fingerprint density at radius 3 is 2.41 bits per heavy atom. The van der Waals surface area contributed by atoms with Crippen molar-refractivity contribution in [2.24, 2.45) is 0 Å². The van der Waals surface area contributed by atoms with Crippen molar-refractivity contribution in [2.75, 3.05) is 23.7 Å². The summed E-state index contributed by atoms with van der Waals surface area (Å²) in [6.45, 7) is 3.37. The Kier molecular flexibility index (Phi) is 6.58. The summed E-state index contributed by atoms with van der Waals surface area (Å²) in [7, 11) is 0. The fourth-order valence-electron chi connectivity index (χ4n) is 4.71. The van der Waals surface area contributed by atoms with Gasteiger partial charge in [-0.1, -0.05) is 43.5 Å². The van der Waals surface area contributed by atoms with Gasteiger partial charge in [0.15, 0.2) is 0 Å². The molecule has 1 aromatic carbocycles. The van der Waals surface area contributed by atoms with E-state index in [0.29, 0.717) is 12.0 Å². The van der Waals surface area contributed by atoms with E-state index in [4.69, 9.17) is 9.97 Å². The van der Waals surface area contributed by atoms with Crippen LogP contribution in [0.4, 0.5) is 17.5 Å². The molecule has 0 radical (unpaired) electrons. The molecule has 1 saturated heterocycles. The van der Waals surface area contributed by atoms with Crippen LogP contribution in [0, 0.1) is 0 Å². The Labute approximate surface area is 190 Å². The van der Waals surface area contributed by atoms with Crippen molar-refractivity contribution < 1.29 is 0 Å². The lowest BCUT2D eigenvalue weighted by molar-refractivity contribution is 0.331. The summed E-state index contributed by atoms with van der Waals surface area (Å²) in [6, 6.07) is 14.8. The van der Waals surface area contributed by atoms with Gasteiger partial charge in [0, 0.05) is 30.7 Å². The number of benzene rings is 1. The van der Waals surface area contributed by atoms with E-state index in [9.17, 15) is 0 Å². The van der Waals surface area contributed by atoms with Crippen LogP contribution in [0.15, 0.2) is 54.9 Å². The molecule has 3 aromatic rings. The van der Waals surface area contributed by atoms with E-state index in [1.807, 2.05) is 42.7 Å². The van der Waals surface area contributed by atoms with Crippen molar-refractivity contribution in [1.29, 1.82) is 0 Å². The first-order valence-electron chi connectivity index (χ1n) is 12.0. The Bertz CT molecular complexity index is 993. The van der Waals surface area contributed by atoms with E-state index in [1.54, 1.807) is 0 Å². The van der Waals surface area contributed by atoms with E-state index in [2.05, 4.69) is 32.7 Å². The molecule has 1 aliphatic heterocycles. The highest BCUT2D eigenvalue weighted by Crippen LogP contribution is 2.29. The molecule has 0 bridgehead atoms. The maximum absolute atomic E-state index is 4.86. The molecule has 0 spiro atoms. The van der Waals surface area contributed by atoms with Crippen LogP contribution < -0.4 is 10.6 Å². The summed E-state index contributed by atoms with van der Waals surface area (Å²) in [4.78, 5) is 16.8. The lowest BCUT2D eigenvalue weighted by Gasteiger charge is -2.24. The second kappa shape index (κ2) is 10.1.